The van der Waals surface area contributed by atoms with Crippen molar-refractivity contribution in [2.75, 3.05) is 26.4 Å². The first-order chi connectivity index (χ1) is 15.6. The molecule has 0 spiro atoms. The molecule has 33 heavy (non-hydrogen) atoms. The summed E-state index contributed by atoms with van der Waals surface area (Å²) in [5.41, 5.74) is 0. The molecule has 2 saturated carbocycles. The Morgan fingerprint density at radius 2 is 0.576 bits per heavy atom. The average molecular weight is 491 g/mol. The molecule has 2 aliphatic rings. The van der Waals surface area contributed by atoms with Gasteiger partial charge in [0.1, 0.15) is 73.2 Å². The lowest BCUT2D eigenvalue weighted by molar-refractivity contribution is -0.240. The number of aliphatic hydroxyl groups excluding tert-OH is 10. The predicted octanol–water partition coefficient (Wildman–Crippen LogP) is -4.54. The Bertz CT molecular complexity index is 425. The van der Waals surface area contributed by atoms with Gasteiger partial charge in [0.05, 0.1) is 26.4 Å². The van der Waals surface area contributed by atoms with Crippen molar-refractivity contribution in [1.82, 2.24) is 0 Å². The van der Waals surface area contributed by atoms with Crippen LogP contribution in [0.25, 0.3) is 0 Å². The van der Waals surface area contributed by atoms with Crippen molar-refractivity contribution in [3.8, 4) is 0 Å². The van der Waals surface area contributed by atoms with Crippen LogP contribution < -0.4 is 0 Å². The maximum atomic E-state index is 9.82. The van der Waals surface area contributed by atoms with E-state index in [1.54, 1.807) is 0 Å². The van der Waals surface area contributed by atoms with Gasteiger partial charge in [-0.25, -0.2) is 0 Å². The molecule has 0 aromatic rings. The minimum absolute atomic E-state index is 0.0478. The van der Waals surface area contributed by atoms with E-state index in [-0.39, 0.29) is 26.4 Å². The van der Waals surface area contributed by atoms with Crippen molar-refractivity contribution in [2.24, 2.45) is 0 Å². The van der Waals surface area contributed by atoms with E-state index >= 15 is 0 Å². The highest BCUT2D eigenvalue weighted by molar-refractivity contribution is 5.00. The molecule has 13 nitrogen and oxygen atoms in total. The maximum Gasteiger partial charge on any atom is 0.115 e. The molecule has 0 aromatic carbocycles. The first-order valence-electron chi connectivity index (χ1n) is 11.2. The summed E-state index contributed by atoms with van der Waals surface area (Å²) in [5.74, 6) is 0. The Kier molecular flexibility index (Phi) is 16.0. The van der Waals surface area contributed by atoms with Crippen molar-refractivity contribution in [2.45, 2.75) is 101 Å². The summed E-state index contributed by atoms with van der Waals surface area (Å²) in [7, 11) is 0. The number of aliphatic hydroxyl groups is 10. The molecule has 10 N–H and O–H groups in total. The van der Waals surface area contributed by atoms with Crippen LogP contribution in [0, 0.1) is 0 Å². The van der Waals surface area contributed by atoms with Gasteiger partial charge in [-0.15, -0.1) is 0 Å². The average Bonchev–Trinajstić information content (AvgIpc) is 2.84. The standard InChI is InChI=1S/C16H30O13.2C2H6/c17-5-7(19)11(23)15(12(24)8(5)20)28-3-1-27-2-4-29-16-13(25)9(21)6(18)10(22)14(16)26;2*1-2/h5-26H,1-4H2;2*1-2H3/t5?,6?,7-,8+,9-,10+,11?,12?,13?,14?,15?,16?;;. The first kappa shape index (κ1) is 32.5. The smallest absolute Gasteiger partial charge is 0.115 e. The molecule has 0 radical (unpaired) electrons. The fourth-order valence-corrected chi connectivity index (χ4v) is 3.38. The van der Waals surface area contributed by atoms with Gasteiger partial charge < -0.3 is 65.3 Å². The van der Waals surface area contributed by atoms with Crippen molar-refractivity contribution in [1.29, 1.82) is 0 Å². The molecule has 2 fully saturated rings. The highest BCUT2D eigenvalue weighted by Crippen LogP contribution is 2.25. The zero-order valence-corrected chi connectivity index (χ0v) is 19.5. The number of hydrogen-bond donors (Lipinski definition) is 10. The molecule has 2 rings (SSSR count). The van der Waals surface area contributed by atoms with E-state index in [9.17, 15) is 51.1 Å². The first-order valence-corrected chi connectivity index (χ1v) is 11.2. The number of hydrogen-bond acceptors (Lipinski definition) is 13. The number of ether oxygens (including phenoxy) is 3. The van der Waals surface area contributed by atoms with Gasteiger partial charge >= 0.3 is 0 Å². The van der Waals surface area contributed by atoms with Gasteiger partial charge in [0.2, 0.25) is 0 Å². The monoisotopic (exact) mass is 490 g/mol. The van der Waals surface area contributed by atoms with Gasteiger partial charge in [-0.2, -0.15) is 0 Å². The fraction of sp³-hybridized carbons (Fsp3) is 1.00. The minimum Gasteiger partial charge on any atom is -0.387 e. The molecule has 0 heterocycles. The highest BCUT2D eigenvalue weighted by atomic mass is 16.6. The van der Waals surface area contributed by atoms with Crippen molar-refractivity contribution < 1.29 is 65.3 Å². The van der Waals surface area contributed by atoms with E-state index in [0.29, 0.717) is 0 Å². The second-order valence-electron chi connectivity index (χ2n) is 7.19. The van der Waals surface area contributed by atoms with Crippen LogP contribution in [-0.4, -0.2) is 151 Å². The van der Waals surface area contributed by atoms with E-state index in [1.807, 2.05) is 27.7 Å². The Labute approximate surface area is 193 Å². The number of rotatable bonds is 8. The van der Waals surface area contributed by atoms with E-state index in [0.717, 1.165) is 0 Å². The Balaban J connectivity index is 0.00000242. The Morgan fingerprint density at radius 3 is 0.818 bits per heavy atom. The molecule has 200 valence electrons. The van der Waals surface area contributed by atoms with Crippen molar-refractivity contribution in [3.05, 3.63) is 0 Å². The van der Waals surface area contributed by atoms with Gasteiger partial charge in [0.15, 0.2) is 0 Å². The lowest BCUT2D eigenvalue weighted by Gasteiger charge is -2.41. The summed E-state index contributed by atoms with van der Waals surface area (Å²) in [6, 6.07) is 0. The van der Waals surface area contributed by atoms with Crippen LogP contribution in [0.2, 0.25) is 0 Å². The van der Waals surface area contributed by atoms with E-state index in [2.05, 4.69) is 0 Å². The van der Waals surface area contributed by atoms with Crippen LogP contribution in [0.4, 0.5) is 0 Å². The predicted molar refractivity (Wildman–Crippen MR) is 113 cm³/mol. The summed E-state index contributed by atoms with van der Waals surface area (Å²) < 4.78 is 15.6. The van der Waals surface area contributed by atoms with E-state index in [1.165, 1.54) is 0 Å². The quantitative estimate of drug-likeness (QED) is 0.145. The lowest BCUT2D eigenvalue weighted by Crippen LogP contribution is -2.64. The van der Waals surface area contributed by atoms with Crippen LogP contribution in [0.3, 0.4) is 0 Å². The molecule has 2 aliphatic carbocycles. The van der Waals surface area contributed by atoms with Crippen LogP contribution in [0.15, 0.2) is 0 Å². The zero-order chi connectivity index (χ0) is 25.9. The molecule has 0 saturated heterocycles. The van der Waals surface area contributed by atoms with Crippen LogP contribution in [-0.2, 0) is 14.2 Å². The zero-order valence-electron chi connectivity index (χ0n) is 19.5. The topological polar surface area (TPSA) is 230 Å². The van der Waals surface area contributed by atoms with Gasteiger partial charge in [0.25, 0.3) is 0 Å². The molecule has 12 atom stereocenters. The SMILES string of the molecule is CC.CC.OC1C(OCCOCCOC2C(O)[C@@H](O)C(O)[C@@H](O)C2O)C(O)[C@H](O)C(O)[C@@H]1O. The third-order valence-corrected chi connectivity index (χ3v) is 5.22. The third kappa shape index (κ3) is 8.28. The highest BCUT2D eigenvalue weighted by Gasteiger charge is 2.49. The second kappa shape index (κ2) is 16.2. The van der Waals surface area contributed by atoms with E-state index in [4.69, 9.17) is 14.2 Å². The summed E-state index contributed by atoms with van der Waals surface area (Å²) in [6.07, 6.45) is -19.3. The molecular weight excluding hydrogens is 448 g/mol. The lowest BCUT2D eigenvalue weighted by atomic mass is 9.85. The summed E-state index contributed by atoms with van der Waals surface area (Å²) in [5, 5.41) is 96.6. The normalized spacial score (nSPS) is 43.1. The summed E-state index contributed by atoms with van der Waals surface area (Å²) in [4.78, 5) is 0. The third-order valence-electron chi connectivity index (χ3n) is 5.22. The van der Waals surface area contributed by atoms with E-state index < -0.39 is 73.2 Å². The minimum atomic E-state index is -1.71. The maximum absolute atomic E-state index is 9.82. The molecule has 8 unspecified atom stereocenters. The molecular formula is C20H42O13. The van der Waals surface area contributed by atoms with Gasteiger partial charge in [-0.1, -0.05) is 27.7 Å². The molecule has 13 heteroatoms. The molecule has 0 amide bonds. The molecule has 0 bridgehead atoms. The van der Waals surface area contributed by atoms with Crippen LogP contribution in [0.5, 0.6) is 0 Å². The largest absolute Gasteiger partial charge is 0.387 e. The fourth-order valence-electron chi connectivity index (χ4n) is 3.38. The van der Waals surface area contributed by atoms with Crippen molar-refractivity contribution >= 4 is 0 Å². The van der Waals surface area contributed by atoms with Gasteiger partial charge in [-0.05, 0) is 0 Å². The van der Waals surface area contributed by atoms with Gasteiger partial charge in [0, 0.05) is 0 Å². The van der Waals surface area contributed by atoms with Gasteiger partial charge in [-0.3, -0.25) is 0 Å². The second-order valence-corrected chi connectivity index (χ2v) is 7.19. The Hall–Kier alpha value is -0.520. The van der Waals surface area contributed by atoms with Crippen LogP contribution in [0.1, 0.15) is 27.7 Å². The summed E-state index contributed by atoms with van der Waals surface area (Å²) in [6.45, 7) is 7.61. The molecule has 0 aliphatic heterocycles. The molecule has 0 aromatic heterocycles. The summed E-state index contributed by atoms with van der Waals surface area (Å²) >= 11 is 0. The Morgan fingerprint density at radius 1 is 0.364 bits per heavy atom. The van der Waals surface area contributed by atoms with Crippen LogP contribution >= 0.6 is 0 Å². The van der Waals surface area contributed by atoms with Crippen molar-refractivity contribution in [3.63, 3.8) is 0 Å².